The summed E-state index contributed by atoms with van der Waals surface area (Å²) in [5.41, 5.74) is 1.80. The van der Waals surface area contributed by atoms with Crippen molar-refractivity contribution in [2.45, 2.75) is 148 Å². The van der Waals surface area contributed by atoms with E-state index in [0.29, 0.717) is 35.5 Å². The number of aliphatic hydroxyl groups excluding tert-OH is 2. The van der Waals surface area contributed by atoms with Crippen LogP contribution < -0.4 is 0 Å². The molecule has 0 aromatic carbocycles. The first-order chi connectivity index (χ1) is 22.3. The molecule has 0 unspecified atom stereocenters. The fraction of sp³-hybridized carbons (Fsp3) is 0.892. The predicted molar refractivity (Wildman–Crippen MR) is 169 cm³/mol. The van der Waals surface area contributed by atoms with E-state index < -0.39 is 42.6 Å². The molecule has 3 aliphatic heterocycles. The lowest BCUT2D eigenvalue weighted by atomic mass is 9.47. The molecule has 47 heavy (non-hydrogen) atoms. The topological polar surface area (TPSA) is 130 Å². The molecule has 1 spiro atoms. The number of fused-ring (bicyclic) bond motifs is 7. The molecule has 3 saturated heterocycles. The summed E-state index contributed by atoms with van der Waals surface area (Å²) < 4.78 is 36.2. The smallest absolute Gasteiger partial charge is 0.303 e. The Morgan fingerprint density at radius 3 is 2.49 bits per heavy atom. The highest BCUT2D eigenvalue weighted by Gasteiger charge is 2.68. The number of allylic oxidation sites excluding steroid dienone is 1. The van der Waals surface area contributed by atoms with Gasteiger partial charge in [-0.25, -0.2) is 0 Å². The zero-order valence-corrected chi connectivity index (χ0v) is 29.0. The number of carbonyl (C=O) groups excluding carboxylic acids is 2. The monoisotopic (exact) mass is 660 g/mol. The van der Waals surface area contributed by atoms with Crippen molar-refractivity contribution in [1.82, 2.24) is 0 Å². The van der Waals surface area contributed by atoms with Gasteiger partial charge in [-0.1, -0.05) is 39.3 Å². The molecule has 0 aromatic rings. The minimum Gasteiger partial charge on any atom is -0.463 e. The lowest BCUT2D eigenvalue weighted by Crippen LogP contribution is -2.61. The van der Waals surface area contributed by atoms with E-state index in [4.69, 9.17) is 28.4 Å². The van der Waals surface area contributed by atoms with Gasteiger partial charge in [-0.2, -0.15) is 0 Å². The zero-order chi connectivity index (χ0) is 33.5. The van der Waals surface area contributed by atoms with Crippen molar-refractivity contribution in [1.29, 1.82) is 0 Å². The minimum absolute atomic E-state index is 0.0992. The average molecular weight is 661 g/mol. The molecule has 6 fully saturated rings. The van der Waals surface area contributed by atoms with Gasteiger partial charge in [0, 0.05) is 26.2 Å². The number of hydrogen-bond donors (Lipinski definition) is 2. The minimum atomic E-state index is -1.45. The van der Waals surface area contributed by atoms with Crippen LogP contribution in [0, 0.1) is 46.3 Å². The van der Waals surface area contributed by atoms with Crippen LogP contribution in [0.1, 0.15) is 99.3 Å². The second-order valence-corrected chi connectivity index (χ2v) is 16.7. The summed E-state index contributed by atoms with van der Waals surface area (Å²) in [6, 6.07) is 0. The molecular weight excluding hydrogens is 604 g/mol. The molecule has 2 N–H and O–H groups in total. The van der Waals surface area contributed by atoms with Gasteiger partial charge in [-0.05, 0) is 91.8 Å². The highest BCUT2D eigenvalue weighted by atomic mass is 16.7. The highest BCUT2D eigenvalue weighted by molar-refractivity contribution is 5.66. The Hall–Kier alpha value is -1.56. The molecule has 10 heteroatoms. The number of aliphatic hydroxyl groups is 2. The van der Waals surface area contributed by atoms with Crippen LogP contribution in [0.15, 0.2) is 11.6 Å². The molecule has 16 atom stereocenters. The van der Waals surface area contributed by atoms with Crippen LogP contribution in [0.2, 0.25) is 0 Å². The summed E-state index contributed by atoms with van der Waals surface area (Å²) in [5, 5.41) is 21.8. The summed E-state index contributed by atoms with van der Waals surface area (Å²) in [6.07, 6.45) is 5.85. The molecule has 7 aliphatic rings. The maximum absolute atomic E-state index is 11.7. The largest absolute Gasteiger partial charge is 0.463 e. The Bertz CT molecular complexity index is 1240. The Morgan fingerprint density at radius 2 is 1.79 bits per heavy atom. The third-order valence-electron chi connectivity index (χ3n) is 14.0. The molecule has 4 aliphatic carbocycles. The fourth-order valence-corrected chi connectivity index (χ4v) is 11.6. The molecule has 3 saturated carbocycles. The molecule has 7 rings (SSSR count). The number of rotatable bonds is 5. The molecule has 264 valence electrons. The van der Waals surface area contributed by atoms with Gasteiger partial charge in [0.1, 0.15) is 24.9 Å². The van der Waals surface area contributed by atoms with E-state index in [2.05, 4.69) is 33.8 Å². The van der Waals surface area contributed by atoms with E-state index in [1.807, 2.05) is 0 Å². The first-order valence-corrected chi connectivity index (χ1v) is 18.2. The first kappa shape index (κ1) is 33.9. The molecule has 0 radical (unpaired) electrons. The lowest BCUT2D eigenvalue weighted by Gasteiger charge is -2.58. The standard InChI is InChI=1S/C37H56O10/c1-19-9-14-37(43-17-19)20(2)30-28(47-37)16-27-25-8-7-23-15-24(10-12-35(23,5)26(25)11-13-36(27,30)6)45-34-32(41)31(40)33(44-22(4)39)29(46-34)18-42-21(3)38/h7,19-20,24-34,40-41H,8-18H2,1-6H3/t19-,20+,24+,25-,26+,27+,28+,29-,30+,31-,32-,33-,34-,35+,36+,37-/m1/s1. The maximum Gasteiger partial charge on any atom is 0.303 e. The van der Waals surface area contributed by atoms with Crippen molar-refractivity contribution < 1.29 is 48.2 Å². The van der Waals surface area contributed by atoms with E-state index in [9.17, 15) is 19.8 Å². The van der Waals surface area contributed by atoms with Crippen LogP contribution in [-0.2, 0) is 38.0 Å². The molecule has 0 aromatic heterocycles. The fourth-order valence-electron chi connectivity index (χ4n) is 11.6. The molecule has 3 heterocycles. The summed E-state index contributed by atoms with van der Waals surface area (Å²) >= 11 is 0. The molecule has 10 nitrogen and oxygen atoms in total. The van der Waals surface area contributed by atoms with Gasteiger partial charge in [0.25, 0.3) is 0 Å². The summed E-state index contributed by atoms with van der Waals surface area (Å²) in [4.78, 5) is 23.2. The van der Waals surface area contributed by atoms with Gasteiger partial charge in [0.05, 0.1) is 18.8 Å². The van der Waals surface area contributed by atoms with Crippen molar-refractivity contribution in [3.63, 3.8) is 0 Å². The van der Waals surface area contributed by atoms with Crippen molar-refractivity contribution in [2.24, 2.45) is 46.3 Å². The van der Waals surface area contributed by atoms with Crippen molar-refractivity contribution in [3.05, 3.63) is 11.6 Å². The second kappa shape index (κ2) is 12.3. The van der Waals surface area contributed by atoms with Crippen molar-refractivity contribution in [3.8, 4) is 0 Å². The first-order valence-electron chi connectivity index (χ1n) is 18.2. The Balaban J connectivity index is 1.03. The Morgan fingerprint density at radius 1 is 1.00 bits per heavy atom. The van der Waals surface area contributed by atoms with Gasteiger partial charge in [-0.3, -0.25) is 9.59 Å². The van der Waals surface area contributed by atoms with Crippen molar-refractivity contribution in [2.75, 3.05) is 13.2 Å². The number of hydrogen-bond acceptors (Lipinski definition) is 10. The normalized spacial score (nSPS) is 52.1. The third-order valence-corrected chi connectivity index (χ3v) is 14.0. The quantitative estimate of drug-likeness (QED) is 0.317. The molecular formula is C37H56O10. The second-order valence-electron chi connectivity index (χ2n) is 16.7. The van der Waals surface area contributed by atoms with Crippen LogP contribution >= 0.6 is 0 Å². The predicted octanol–water partition coefficient (Wildman–Crippen LogP) is 4.68. The lowest BCUT2D eigenvalue weighted by molar-refractivity contribution is -0.315. The van der Waals surface area contributed by atoms with Crippen LogP contribution in [-0.4, -0.2) is 84.1 Å². The van der Waals surface area contributed by atoms with Gasteiger partial charge in [0.15, 0.2) is 18.2 Å². The maximum atomic E-state index is 11.7. The zero-order valence-electron chi connectivity index (χ0n) is 29.0. The number of esters is 2. The van der Waals surface area contributed by atoms with Crippen molar-refractivity contribution >= 4 is 11.9 Å². The van der Waals surface area contributed by atoms with Crippen LogP contribution in [0.5, 0.6) is 0 Å². The third kappa shape index (κ3) is 5.61. The summed E-state index contributed by atoms with van der Waals surface area (Å²) in [7, 11) is 0. The number of carbonyl (C=O) groups is 2. The average Bonchev–Trinajstić information content (AvgIpc) is 3.47. The number of ether oxygens (including phenoxy) is 6. The van der Waals surface area contributed by atoms with Gasteiger partial charge in [-0.15, -0.1) is 0 Å². The van der Waals surface area contributed by atoms with Gasteiger partial charge < -0.3 is 38.6 Å². The van der Waals surface area contributed by atoms with Gasteiger partial charge in [0.2, 0.25) is 0 Å². The van der Waals surface area contributed by atoms with Crippen LogP contribution in [0.4, 0.5) is 0 Å². The Kier molecular flexibility index (Phi) is 8.90. The van der Waals surface area contributed by atoms with E-state index >= 15 is 0 Å². The van der Waals surface area contributed by atoms with E-state index in [1.165, 1.54) is 38.7 Å². The van der Waals surface area contributed by atoms with Crippen LogP contribution in [0.25, 0.3) is 0 Å². The highest BCUT2D eigenvalue weighted by Crippen LogP contribution is 2.70. The van der Waals surface area contributed by atoms with E-state index in [0.717, 1.165) is 45.1 Å². The molecule has 0 amide bonds. The SMILES string of the molecule is CC(=O)OC[C@H]1O[C@@H](O[C@H]2CC[C@@]3(C)C(=CC[C@H]4[C@@H]5C[C@@H]6O[C@]7(CC[C@@H](C)CO7)[C@@H](C)[C@@H]6[C@@]5(C)CC[C@@H]43)C2)[C@H](O)[C@@H](O)[C@@H]1OC(C)=O. The Labute approximate surface area is 279 Å². The van der Waals surface area contributed by atoms with E-state index in [-0.39, 0.29) is 35.4 Å². The summed E-state index contributed by atoms with van der Waals surface area (Å²) in [5.74, 6) is 1.94. The summed E-state index contributed by atoms with van der Waals surface area (Å²) in [6.45, 7) is 12.8. The van der Waals surface area contributed by atoms with Crippen LogP contribution in [0.3, 0.4) is 0 Å². The van der Waals surface area contributed by atoms with Gasteiger partial charge >= 0.3 is 11.9 Å². The molecule has 0 bridgehead atoms. The van der Waals surface area contributed by atoms with E-state index in [1.54, 1.807) is 0 Å².